The van der Waals surface area contributed by atoms with Crippen molar-refractivity contribution in [3.05, 3.63) is 42.0 Å². The number of ether oxygens (including phenoxy) is 2. The van der Waals surface area contributed by atoms with Crippen molar-refractivity contribution in [1.82, 2.24) is 0 Å². The normalized spacial score (nSPS) is 11.4. The van der Waals surface area contributed by atoms with Crippen LogP contribution < -0.4 is 4.74 Å². The van der Waals surface area contributed by atoms with Crippen molar-refractivity contribution >= 4 is 11.9 Å². The van der Waals surface area contributed by atoms with Crippen LogP contribution in [0.4, 0.5) is 0 Å². The molecule has 1 unspecified atom stereocenters. The fraction of sp³-hybridized carbons (Fsp3) is 0.231. The first-order valence-electron chi connectivity index (χ1n) is 5.19. The zero-order chi connectivity index (χ0) is 13.7. The summed E-state index contributed by atoms with van der Waals surface area (Å²) in [6.45, 7) is 4.63. The van der Waals surface area contributed by atoms with E-state index in [1.54, 1.807) is 24.3 Å². The quantitative estimate of drug-likeness (QED) is 0.638. The van der Waals surface area contributed by atoms with E-state index in [0.717, 1.165) is 0 Å². The van der Waals surface area contributed by atoms with E-state index in [0.29, 0.717) is 11.3 Å². The van der Waals surface area contributed by atoms with Crippen LogP contribution in [0.5, 0.6) is 5.75 Å². The van der Waals surface area contributed by atoms with Crippen LogP contribution >= 0.6 is 0 Å². The summed E-state index contributed by atoms with van der Waals surface area (Å²) in [5.74, 6) is -1.25. The number of esters is 1. The molecule has 0 heterocycles. The van der Waals surface area contributed by atoms with Gasteiger partial charge < -0.3 is 14.6 Å². The van der Waals surface area contributed by atoms with Crippen LogP contribution in [-0.4, -0.2) is 24.2 Å². The Morgan fingerprint density at radius 1 is 1.39 bits per heavy atom. The Balaban J connectivity index is 3.12. The Bertz CT molecular complexity index is 478. The third kappa shape index (κ3) is 3.35. The number of rotatable bonds is 5. The number of aliphatic carboxylic acids is 1. The second-order valence-corrected chi connectivity index (χ2v) is 3.60. The summed E-state index contributed by atoms with van der Waals surface area (Å²) in [5, 5.41) is 8.93. The molecule has 1 aromatic rings. The molecule has 5 heteroatoms. The number of hydrogen-bond donors (Lipinski definition) is 1. The van der Waals surface area contributed by atoms with Gasteiger partial charge in [0, 0.05) is 12.5 Å². The number of carbonyl (C=O) groups excluding carboxylic acids is 1. The third-order valence-electron chi connectivity index (χ3n) is 2.27. The fourth-order valence-electron chi connectivity index (χ4n) is 1.42. The highest BCUT2D eigenvalue weighted by Crippen LogP contribution is 2.27. The topological polar surface area (TPSA) is 72.8 Å². The third-order valence-corrected chi connectivity index (χ3v) is 2.27. The van der Waals surface area contributed by atoms with E-state index in [1.165, 1.54) is 14.0 Å². The molecule has 1 N–H and O–H groups in total. The summed E-state index contributed by atoms with van der Waals surface area (Å²) >= 11 is 0. The lowest BCUT2D eigenvalue weighted by molar-refractivity contribution is -0.146. The van der Waals surface area contributed by atoms with Gasteiger partial charge in [-0.25, -0.2) is 4.79 Å². The Hall–Kier alpha value is -2.30. The van der Waals surface area contributed by atoms with Crippen LogP contribution in [0.1, 0.15) is 18.6 Å². The molecule has 0 saturated carbocycles. The first-order chi connectivity index (χ1) is 8.45. The molecule has 0 aliphatic heterocycles. The summed E-state index contributed by atoms with van der Waals surface area (Å²) in [4.78, 5) is 21.9. The van der Waals surface area contributed by atoms with Crippen molar-refractivity contribution < 1.29 is 24.2 Å². The minimum Gasteiger partial charge on any atom is -0.497 e. The summed E-state index contributed by atoms with van der Waals surface area (Å²) in [7, 11) is 1.49. The van der Waals surface area contributed by atoms with Crippen molar-refractivity contribution in [2.45, 2.75) is 13.0 Å². The minimum absolute atomic E-state index is 0.210. The number of carboxylic acids is 1. The van der Waals surface area contributed by atoms with Gasteiger partial charge in [0.15, 0.2) is 6.10 Å². The molecule has 1 atom stereocenters. The van der Waals surface area contributed by atoms with Gasteiger partial charge in [-0.2, -0.15) is 0 Å². The number of carboxylic acid groups (broad SMARTS) is 1. The van der Waals surface area contributed by atoms with E-state index < -0.39 is 18.0 Å². The maximum absolute atomic E-state index is 11.0. The second kappa shape index (κ2) is 5.86. The van der Waals surface area contributed by atoms with Crippen molar-refractivity contribution in [2.24, 2.45) is 0 Å². The molecular weight excluding hydrogens is 236 g/mol. The van der Waals surface area contributed by atoms with Crippen molar-refractivity contribution in [1.29, 1.82) is 0 Å². The van der Waals surface area contributed by atoms with Gasteiger partial charge in [0.25, 0.3) is 0 Å². The lowest BCUT2D eigenvalue weighted by atomic mass is 10.0. The molecule has 96 valence electrons. The van der Waals surface area contributed by atoms with Crippen LogP contribution in [0, 0.1) is 0 Å². The average Bonchev–Trinajstić information content (AvgIpc) is 2.34. The Morgan fingerprint density at radius 2 is 2.06 bits per heavy atom. The largest absolute Gasteiger partial charge is 0.497 e. The average molecular weight is 250 g/mol. The molecule has 0 spiro atoms. The zero-order valence-corrected chi connectivity index (χ0v) is 10.2. The number of carbonyl (C=O) groups is 2. The molecule has 0 radical (unpaired) electrons. The van der Waals surface area contributed by atoms with E-state index in [2.05, 4.69) is 6.58 Å². The van der Waals surface area contributed by atoms with Crippen molar-refractivity contribution in [2.75, 3.05) is 7.11 Å². The van der Waals surface area contributed by atoms with Crippen LogP contribution in [0.2, 0.25) is 0 Å². The van der Waals surface area contributed by atoms with E-state index in [1.807, 2.05) is 0 Å². The first kappa shape index (κ1) is 13.8. The summed E-state index contributed by atoms with van der Waals surface area (Å²) in [5.41, 5.74) is 0.287. The van der Waals surface area contributed by atoms with Crippen molar-refractivity contribution in [3.8, 4) is 5.75 Å². The molecule has 0 saturated heterocycles. The maximum Gasteiger partial charge on any atom is 0.335 e. The summed E-state index contributed by atoms with van der Waals surface area (Å²) in [6.07, 6.45) is -1.02. The molecule has 1 aromatic carbocycles. The summed E-state index contributed by atoms with van der Waals surface area (Å²) < 4.78 is 10.0. The number of benzene rings is 1. The molecule has 0 amide bonds. The zero-order valence-electron chi connectivity index (χ0n) is 10.2. The SMILES string of the molecule is C=C(C(=O)O)C(OC(C)=O)c1cccc(OC)c1. The second-order valence-electron chi connectivity index (χ2n) is 3.60. The highest BCUT2D eigenvalue weighted by molar-refractivity contribution is 5.88. The standard InChI is InChI=1S/C13H14O5/c1-8(13(15)16)12(18-9(2)14)10-5-4-6-11(7-10)17-3/h4-7,12H,1H2,2-3H3,(H,15,16). The molecule has 0 aromatic heterocycles. The van der Waals surface area contributed by atoms with E-state index in [-0.39, 0.29) is 5.57 Å². The molecule has 0 bridgehead atoms. The molecule has 0 aliphatic carbocycles. The fourth-order valence-corrected chi connectivity index (χ4v) is 1.42. The summed E-state index contributed by atoms with van der Waals surface area (Å²) in [6, 6.07) is 6.63. The Morgan fingerprint density at radius 3 is 2.56 bits per heavy atom. The molecular formula is C13H14O5. The number of methoxy groups -OCH3 is 1. The first-order valence-corrected chi connectivity index (χ1v) is 5.19. The van der Waals surface area contributed by atoms with E-state index in [9.17, 15) is 9.59 Å². The van der Waals surface area contributed by atoms with Gasteiger partial charge >= 0.3 is 11.9 Å². The van der Waals surface area contributed by atoms with E-state index >= 15 is 0 Å². The van der Waals surface area contributed by atoms with Gasteiger partial charge in [-0.1, -0.05) is 18.7 Å². The van der Waals surface area contributed by atoms with E-state index in [4.69, 9.17) is 14.6 Å². The van der Waals surface area contributed by atoms with Crippen LogP contribution in [0.15, 0.2) is 36.4 Å². The molecule has 0 aliphatic rings. The van der Waals surface area contributed by atoms with Gasteiger partial charge in [0.2, 0.25) is 0 Å². The molecule has 0 fully saturated rings. The lowest BCUT2D eigenvalue weighted by Crippen LogP contribution is -2.16. The van der Waals surface area contributed by atoms with Gasteiger partial charge in [0.1, 0.15) is 5.75 Å². The van der Waals surface area contributed by atoms with Gasteiger partial charge in [-0.15, -0.1) is 0 Å². The highest BCUT2D eigenvalue weighted by atomic mass is 16.5. The van der Waals surface area contributed by atoms with Gasteiger partial charge in [-0.3, -0.25) is 4.79 Å². The van der Waals surface area contributed by atoms with Crippen molar-refractivity contribution in [3.63, 3.8) is 0 Å². The molecule has 1 rings (SSSR count). The predicted octanol–water partition coefficient (Wildman–Crippen LogP) is 1.94. The lowest BCUT2D eigenvalue weighted by Gasteiger charge is -2.17. The van der Waals surface area contributed by atoms with Gasteiger partial charge in [0.05, 0.1) is 12.7 Å². The predicted molar refractivity (Wildman–Crippen MR) is 64.3 cm³/mol. The maximum atomic E-state index is 11.0. The van der Waals surface area contributed by atoms with Crippen LogP contribution in [0.25, 0.3) is 0 Å². The smallest absolute Gasteiger partial charge is 0.335 e. The van der Waals surface area contributed by atoms with Crippen LogP contribution in [-0.2, 0) is 14.3 Å². The molecule has 18 heavy (non-hydrogen) atoms. The van der Waals surface area contributed by atoms with Gasteiger partial charge in [-0.05, 0) is 12.1 Å². The highest BCUT2D eigenvalue weighted by Gasteiger charge is 2.23. The Kier molecular flexibility index (Phi) is 4.48. The monoisotopic (exact) mass is 250 g/mol. The minimum atomic E-state index is -1.22. The van der Waals surface area contributed by atoms with Crippen LogP contribution in [0.3, 0.4) is 0 Å². The number of hydrogen-bond acceptors (Lipinski definition) is 4. The Labute approximate surface area is 105 Å². The molecule has 5 nitrogen and oxygen atoms in total.